The summed E-state index contributed by atoms with van der Waals surface area (Å²) in [6, 6.07) is 16.7. The van der Waals surface area contributed by atoms with E-state index in [1.807, 2.05) is 61.5 Å². The van der Waals surface area contributed by atoms with Crippen molar-refractivity contribution in [1.82, 2.24) is 19.8 Å². The number of ether oxygens (including phenoxy) is 2. The van der Waals surface area contributed by atoms with E-state index in [-0.39, 0.29) is 5.91 Å². The molecule has 0 bridgehead atoms. The van der Waals surface area contributed by atoms with E-state index in [1.54, 1.807) is 11.6 Å². The largest absolute Gasteiger partial charge is 0.497 e. The number of anilines is 1. The molecule has 0 unspecified atom stereocenters. The lowest BCUT2D eigenvalue weighted by Crippen LogP contribution is -2.32. The van der Waals surface area contributed by atoms with Crippen molar-refractivity contribution in [3.05, 3.63) is 54.6 Å². The molecule has 0 fully saturated rings. The zero-order valence-corrected chi connectivity index (χ0v) is 16.7. The average Bonchev–Trinajstić information content (AvgIpc) is 3.33. The van der Waals surface area contributed by atoms with E-state index >= 15 is 0 Å². The molecule has 2 heterocycles. The van der Waals surface area contributed by atoms with Crippen LogP contribution in [0.5, 0.6) is 11.5 Å². The van der Waals surface area contributed by atoms with Crippen LogP contribution in [0, 0.1) is 0 Å². The topological polar surface area (TPSA) is 90.6 Å². The highest BCUT2D eigenvalue weighted by Crippen LogP contribution is 2.26. The van der Waals surface area contributed by atoms with Crippen molar-refractivity contribution < 1.29 is 14.3 Å². The van der Waals surface area contributed by atoms with E-state index in [2.05, 4.69) is 20.6 Å². The Hall–Kier alpha value is -3.46. The monoisotopic (exact) mass is 409 g/mol. The third kappa shape index (κ3) is 4.04. The molecule has 0 spiro atoms. The molecular weight excluding hydrogens is 390 g/mol. The first kappa shape index (κ1) is 18.9. The van der Waals surface area contributed by atoms with Gasteiger partial charge in [0, 0.05) is 5.56 Å². The highest BCUT2D eigenvalue weighted by molar-refractivity contribution is 7.20. The average molecular weight is 409 g/mol. The summed E-state index contributed by atoms with van der Waals surface area (Å²) in [5.74, 6) is 1.73. The maximum atomic E-state index is 12.6. The summed E-state index contributed by atoms with van der Waals surface area (Å²) < 4.78 is 12.6. The molecule has 8 nitrogen and oxygen atoms in total. The summed E-state index contributed by atoms with van der Waals surface area (Å²) in [4.78, 5) is 13.2. The molecule has 0 aliphatic rings. The highest BCUT2D eigenvalue weighted by atomic mass is 32.1. The second-order valence-electron chi connectivity index (χ2n) is 6.17. The Bertz CT molecular complexity index is 1110. The number of carbonyl (C=O) groups is 1. The Morgan fingerprint density at radius 2 is 1.86 bits per heavy atom. The molecule has 0 saturated carbocycles. The van der Waals surface area contributed by atoms with Crippen LogP contribution in [-0.2, 0) is 4.79 Å². The number of amides is 1. The number of nitrogens with one attached hydrogen (secondary N) is 1. The number of methoxy groups -OCH3 is 1. The van der Waals surface area contributed by atoms with Gasteiger partial charge in [-0.3, -0.25) is 10.1 Å². The van der Waals surface area contributed by atoms with Crippen LogP contribution in [0.25, 0.3) is 16.3 Å². The standard InChI is InChI=1S/C20H19N5O3S/c1-3-16(28-15-7-5-4-6-8-15)18(26)21-19-24-25-17(22-23-20(25)29-19)13-9-11-14(27-2)12-10-13/h4-12,16H,3H2,1-2H3,(H,21,24,26)/t16-/m0/s1. The van der Waals surface area contributed by atoms with Crippen LogP contribution in [0.2, 0.25) is 0 Å². The zero-order valence-electron chi connectivity index (χ0n) is 15.9. The Morgan fingerprint density at radius 3 is 2.55 bits per heavy atom. The Balaban J connectivity index is 1.52. The van der Waals surface area contributed by atoms with E-state index in [0.29, 0.717) is 28.1 Å². The van der Waals surface area contributed by atoms with Crippen molar-refractivity contribution in [2.24, 2.45) is 0 Å². The van der Waals surface area contributed by atoms with Crippen molar-refractivity contribution in [3.63, 3.8) is 0 Å². The number of rotatable bonds is 7. The molecule has 0 radical (unpaired) electrons. The van der Waals surface area contributed by atoms with Crippen LogP contribution in [0.3, 0.4) is 0 Å². The molecule has 4 rings (SSSR count). The number of para-hydroxylation sites is 1. The second-order valence-corrected chi connectivity index (χ2v) is 7.13. The maximum absolute atomic E-state index is 12.6. The number of fused-ring (bicyclic) bond motifs is 1. The molecule has 0 aliphatic carbocycles. The molecule has 2 aromatic carbocycles. The first-order chi connectivity index (χ1) is 14.2. The van der Waals surface area contributed by atoms with Gasteiger partial charge in [-0.1, -0.05) is 36.5 Å². The Kier molecular flexibility index (Phi) is 5.39. The lowest BCUT2D eigenvalue weighted by molar-refractivity contribution is -0.122. The van der Waals surface area contributed by atoms with Gasteiger partial charge in [-0.25, -0.2) is 0 Å². The molecule has 1 N–H and O–H groups in total. The van der Waals surface area contributed by atoms with Gasteiger partial charge in [0.2, 0.25) is 10.1 Å². The van der Waals surface area contributed by atoms with Crippen LogP contribution >= 0.6 is 11.3 Å². The van der Waals surface area contributed by atoms with E-state index in [1.165, 1.54) is 11.3 Å². The molecular formula is C20H19N5O3S. The third-order valence-electron chi connectivity index (χ3n) is 4.25. The molecule has 0 saturated heterocycles. The maximum Gasteiger partial charge on any atom is 0.267 e. The summed E-state index contributed by atoms with van der Waals surface area (Å²) in [7, 11) is 1.62. The van der Waals surface area contributed by atoms with Gasteiger partial charge in [0.1, 0.15) is 11.5 Å². The minimum absolute atomic E-state index is 0.257. The van der Waals surface area contributed by atoms with Gasteiger partial charge < -0.3 is 9.47 Å². The SMILES string of the molecule is CC[C@H](Oc1ccccc1)C(=O)Nc1nn2c(-c3ccc(OC)cc3)nnc2s1. The minimum Gasteiger partial charge on any atom is -0.497 e. The third-order valence-corrected chi connectivity index (χ3v) is 5.07. The number of hydrogen-bond acceptors (Lipinski definition) is 7. The predicted octanol–water partition coefficient (Wildman–Crippen LogP) is 3.66. The van der Waals surface area contributed by atoms with Crippen molar-refractivity contribution in [2.75, 3.05) is 12.4 Å². The van der Waals surface area contributed by atoms with Crippen molar-refractivity contribution in [1.29, 1.82) is 0 Å². The molecule has 2 aromatic heterocycles. The number of hydrogen-bond donors (Lipinski definition) is 1. The molecule has 29 heavy (non-hydrogen) atoms. The first-order valence-corrected chi connectivity index (χ1v) is 9.89. The van der Waals surface area contributed by atoms with Gasteiger partial charge in [0.15, 0.2) is 11.9 Å². The number of carbonyl (C=O) groups excluding carboxylic acids is 1. The van der Waals surface area contributed by atoms with E-state index in [0.717, 1.165) is 11.3 Å². The smallest absolute Gasteiger partial charge is 0.267 e. The quantitative estimate of drug-likeness (QED) is 0.501. The van der Waals surface area contributed by atoms with Crippen LogP contribution in [0.1, 0.15) is 13.3 Å². The minimum atomic E-state index is -0.618. The summed E-state index contributed by atoms with van der Waals surface area (Å²) in [6.45, 7) is 1.90. The van der Waals surface area contributed by atoms with Crippen molar-refractivity contribution >= 4 is 27.3 Å². The van der Waals surface area contributed by atoms with E-state index in [9.17, 15) is 4.79 Å². The van der Waals surface area contributed by atoms with Gasteiger partial charge in [0.25, 0.3) is 5.91 Å². The van der Waals surface area contributed by atoms with E-state index in [4.69, 9.17) is 9.47 Å². The zero-order chi connectivity index (χ0) is 20.2. The van der Waals surface area contributed by atoms with Crippen molar-refractivity contribution in [3.8, 4) is 22.9 Å². The lowest BCUT2D eigenvalue weighted by Gasteiger charge is -2.16. The summed E-state index contributed by atoms with van der Waals surface area (Å²) in [6.07, 6.45) is -0.0881. The van der Waals surface area contributed by atoms with E-state index < -0.39 is 6.10 Å². The molecule has 1 amide bonds. The molecule has 148 valence electrons. The Morgan fingerprint density at radius 1 is 1.10 bits per heavy atom. The normalized spacial score (nSPS) is 11.9. The van der Waals surface area contributed by atoms with Crippen LogP contribution in [-0.4, -0.2) is 38.9 Å². The summed E-state index contributed by atoms with van der Waals surface area (Å²) in [5, 5.41) is 16.0. The molecule has 0 aliphatic heterocycles. The first-order valence-electron chi connectivity index (χ1n) is 9.07. The van der Waals surface area contributed by atoms with Gasteiger partial charge in [0.05, 0.1) is 7.11 Å². The van der Waals surface area contributed by atoms with Gasteiger partial charge in [-0.15, -0.1) is 15.3 Å². The van der Waals surface area contributed by atoms with Gasteiger partial charge in [-0.2, -0.15) is 4.52 Å². The van der Waals surface area contributed by atoms with Crippen LogP contribution in [0.15, 0.2) is 54.6 Å². The van der Waals surface area contributed by atoms with Crippen molar-refractivity contribution in [2.45, 2.75) is 19.4 Å². The summed E-state index contributed by atoms with van der Waals surface area (Å²) >= 11 is 1.25. The van der Waals surface area contributed by atoms with Crippen LogP contribution < -0.4 is 14.8 Å². The summed E-state index contributed by atoms with van der Waals surface area (Å²) in [5.41, 5.74) is 0.848. The number of nitrogens with zero attached hydrogens (tertiary/aromatic N) is 4. The molecule has 9 heteroatoms. The lowest BCUT2D eigenvalue weighted by atomic mass is 10.2. The fraction of sp³-hybridized carbons (Fsp3) is 0.200. The fourth-order valence-corrected chi connectivity index (χ4v) is 3.50. The molecule has 1 atom stereocenters. The number of benzene rings is 2. The second kappa shape index (κ2) is 8.27. The number of aromatic nitrogens is 4. The fourth-order valence-electron chi connectivity index (χ4n) is 2.76. The Labute approximate surface area is 171 Å². The predicted molar refractivity (Wildman–Crippen MR) is 110 cm³/mol. The molecule has 4 aromatic rings. The van der Waals surface area contributed by atoms with Gasteiger partial charge >= 0.3 is 0 Å². The van der Waals surface area contributed by atoms with Crippen LogP contribution in [0.4, 0.5) is 5.13 Å². The van der Waals surface area contributed by atoms with Gasteiger partial charge in [-0.05, 0) is 42.8 Å². The highest BCUT2D eigenvalue weighted by Gasteiger charge is 2.21.